The second-order valence-electron chi connectivity index (χ2n) is 6.82. The maximum absolute atomic E-state index is 12.0. The number of nitrogens with one attached hydrogen (secondary N) is 2. The number of thiophene rings is 1. The molecule has 34 heavy (non-hydrogen) atoms. The van der Waals surface area contributed by atoms with E-state index in [1.165, 1.54) is 12.3 Å². The molecule has 8 nitrogen and oxygen atoms in total. The number of para-hydroxylation sites is 2. The maximum atomic E-state index is 12.0. The Kier molecular flexibility index (Phi) is 13.8. The Balaban J connectivity index is 0.000000374. The van der Waals surface area contributed by atoms with E-state index in [0.29, 0.717) is 35.4 Å². The molecule has 1 aliphatic carbocycles. The van der Waals surface area contributed by atoms with Crippen LogP contribution in [0.3, 0.4) is 0 Å². The lowest BCUT2D eigenvalue weighted by molar-refractivity contribution is -0.114. The molecule has 0 bridgehead atoms. The number of benzene rings is 1. The van der Waals surface area contributed by atoms with Crippen LogP contribution in [0.2, 0.25) is 0 Å². The van der Waals surface area contributed by atoms with Crippen LogP contribution in [-0.2, 0) is 15.6 Å². The van der Waals surface area contributed by atoms with Crippen molar-refractivity contribution in [3.63, 3.8) is 0 Å². The van der Waals surface area contributed by atoms with Crippen LogP contribution in [0.25, 0.3) is 0 Å². The fourth-order valence-electron chi connectivity index (χ4n) is 2.67. The predicted molar refractivity (Wildman–Crippen MR) is 138 cm³/mol. The molecular weight excluding hydrogens is 476 g/mol. The molecule has 2 amide bonds. The van der Waals surface area contributed by atoms with Crippen LogP contribution in [0.4, 0.5) is 5.00 Å². The molecule has 1 aromatic heterocycles. The second kappa shape index (κ2) is 16.0. The third-order valence-corrected chi connectivity index (χ3v) is 7.07. The van der Waals surface area contributed by atoms with Crippen molar-refractivity contribution in [3.8, 4) is 11.5 Å². The minimum Gasteiger partial charge on any atom is -0.493 e. The van der Waals surface area contributed by atoms with Gasteiger partial charge in [-0.25, -0.2) is 0 Å². The molecular formula is C24H34N2O6S2. The van der Waals surface area contributed by atoms with Crippen LogP contribution in [0, 0.1) is 0 Å². The Bertz CT molecular complexity index is 957. The number of hydrogen-bond donors (Lipinski definition) is 2. The van der Waals surface area contributed by atoms with Gasteiger partial charge in [-0.05, 0) is 31.9 Å². The Labute approximate surface area is 207 Å². The van der Waals surface area contributed by atoms with Crippen LogP contribution in [0.5, 0.6) is 11.5 Å². The Morgan fingerprint density at radius 2 is 1.85 bits per heavy atom. The number of aldehydes is 1. The van der Waals surface area contributed by atoms with Crippen LogP contribution < -0.4 is 20.1 Å². The largest absolute Gasteiger partial charge is 0.493 e. The summed E-state index contributed by atoms with van der Waals surface area (Å²) < 4.78 is 22.0. The van der Waals surface area contributed by atoms with Gasteiger partial charge in [0.25, 0.3) is 5.91 Å². The molecule has 1 saturated carbocycles. The Morgan fingerprint density at radius 3 is 2.38 bits per heavy atom. The number of methoxy groups -OCH3 is 1. The van der Waals surface area contributed by atoms with Crippen molar-refractivity contribution >= 4 is 45.2 Å². The highest BCUT2D eigenvalue weighted by Crippen LogP contribution is 2.27. The summed E-state index contributed by atoms with van der Waals surface area (Å²) in [5.41, 5.74) is 0.409. The van der Waals surface area contributed by atoms with Crippen molar-refractivity contribution in [2.45, 2.75) is 45.8 Å². The van der Waals surface area contributed by atoms with E-state index in [1.807, 2.05) is 45.0 Å². The predicted octanol–water partition coefficient (Wildman–Crippen LogP) is 4.28. The molecule has 0 radical (unpaired) electrons. The van der Waals surface area contributed by atoms with Crippen LogP contribution in [0.1, 0.15) is 61.3 Å². The zero-order valence-corrected chi connectivity index (χ0v) is 22.0. The zero-order chi connectivity index (χ0) is 25.5. The first-order chi connectivity index (χ1) is 16.4. The van der Waals surface area contributed by atoms with Crippen molar-refractivity contribution in [2.75, 3.05) is 31.3 Å². The summed E-state index contributed by atoms with van der Waals surface area (Å²) in [6, 6.07) is 7.61. The third-order valence-electron chi connectivity index (χ3n) is 4.34. The molecule has 1 aromatic carbocycles. The molecule has 188 valence electrons. The van der Waals surface area contributed by atoms with Crippen molar-refractivity contribution in [1.29, 1.82) is 0 Å². The summed E-state index contributed by atoms with van der Waals surface area (Å²) in [5.74, 6) is 1.33. The standard InChI is InChI=1S/C13H16N2O4S2.C9H12O2.C2H6/c1-8(17)15-13-10(6-16)11(7-20-13)12(18)14-4-5-21(19)9-2-3-9;1-3-11-9-7-5-4-6-8(9)10-2;1-2/h6-7,9H,2-5H2,1H3,(H,14,18)(H,15,17);4-7H,3H2,1-2H3;1-2H3. The lowest BCUT2D eigenvalue weighted by Gasteiger charge is -2.07. The zero-order valence-electron chi connectivity index (χ0n) is 20.3. The first kappa shape index (κ1) is 29.3. The molecule has 0 spiro atoms. The van der Waals surface area contributed by atoms with Gasteiger partial charge in [0.15, 0.2) is 17.8 Å². The van der Waals surface area contributed by atoms with E-state index in [1.54, 1.807) is 7.11 Å². The fraction of sp³-hybridized carbons (Fsp3) is 0.458. The number of ether oxygens (including phenoxy) is 2. The van der Waals surface area contributed by atoms with Gasteiger partial charge in [-0.2, -0.15) is 0 Å². The highest BCUT2D eigenvalue weighted by Gasteiger charge is 2.27. The number of carbonyl (C=O) groups is 3. The van der Waals surface area contributed by atoms with Gasteiger partial charge < -0.3 is 20.1 Å². The molecule has 0 aliphatic heterocycles. The van der Waals surface area contributed by atoms with Crippen molar-refractivity contribution in [2.24, 2.45) is 0 Å². The second-order valence-corrected chi connectivity index (χ2v) is 9.53. The SMILES string of the molecule is CC.CC(=O)Nc1scc(C(=O)NCCS(=O)C2CC2)c1C=O.CCOc1ccccc1OC. The number of carbonyl (C=O) groups excluding carboxylic acids is 3. The smallest absolute Gasteiger partial charge is 0.252 e. The molecule has 1 aliphatic rings. The normalized spacial score (nSPS) is 12.6. The van der Waals surface area contributed by atoms with E-state index in [-0.39, 0.29) is 17.0 Å². The van der Waals surface area contributed by atoms with Gasteiger partial charge in [0.2, 0.25) is 5.91 Å². The average molecular weight is 511 g/mol. The van der Waals surface area contributed by atoms with Gasteiger partial charge in [0, 0.05) is 40.7 Å². The van der Waals surface area contributed by atoms with E-state index < -0.39 is 16.7 Å². The Morgan fingerprint density at radius 1 is 1.21 bits per heavy atom. The van der Waals surface area contributed by atoms with E-state index in [0.717, 1.165) is 35.7 Å². The lowest BCUT2D eigenvalue weighted by Crippen LogP contribution is -2.28. The van der Waals surface area contributed by atoms with E-state index in [2.05, 4.69) is 10.6 Å². The number of rotatable bonds is 10. The van der Waals surface area contributed by atoms with Crippen molar-refractivity contribution in [1.82, 2.24) is 5.32 Å². The van der Waals surface area contributed by atoms with E-state index >= 15 is 0 Å². The number of hydrogen-bond acceptors (Lipinski definition) is 7. The summed E-state index contributed by atoms with van der Waals surface area (Å²) >= 11 is 1.13. The van der Waals surface area contributed by atoms with E-state index in [4.69, 9.17) is 9.47 Å². The van der Waals surface area contributed by atoms with Gasteiger partial charge >= 0.3 is 0 Å². The summed E-state index contributed by atoms with van der Waals surface area (Å²) in [7, 11) is 0.755. The fourth-order valence-corrected chi connectivity index (χ4v) is 4.92. The highest BCUT2D eigenvalue weighted by molar-refractivity contribution is 7.85. The van der Waals surface area contributed by atoms with E-state index in [9.17, 15) is 18.6 Å². The molecule has 3 rings (SSSR count). The number of amides is 2. The van der Waals surface area contributed by atoms with Crippen molar-refractivity contribution < 1.29 is 28.1 Å². The first-order valence-corrected chi connectivity index (χ1v) is 13.4. The van der Waals surface area contributed by atoms with Crippen LogP contribution >= 0.6 is 11.3 Å². The molecule has 1 unspecified atom stereocenters. The Hall–Kier alpha value is -2.72. The molecule has 1 atom stereocenters. The topological polar surface area (TPSA) is 111 Å². The monoisotopic (exact) mass is 510 g/mol. The highest BCUT2D eigenvalue weighted by atomic mass is 32.2. The first-order valence-electron chi connectivity index (χ1n) is 11.2. The average Bonchev–Trinajstić information content (AvgIpc) is 3.62. The minimum atomic E-state index is -0.882. The summed E-state index contributed by atoms with van der Waals surface area (Å²) in [6.45, 7) is 8.26. The molecule has 2 N–H and O–H groups in total. The number of anilines is 1. The lowest BCUT2D eigenvalue weighted by atomic mass is 10.2. The summed E-state index contributed by atoms with van der Waals surface area (Å²) in [5, 5.41) is 7.36. The van der Waals surface area contributed by atoms with Crippen LogP contribution in [-0.4, -0.2) is 53.6 Å². The van der Waals surface area contributed by atoms with Gasteiger partial charge in [-0.1, -0.05) is 26.0 Å². The van der Waals surface area contributed by atoms with Crippen LogP contribution in [0.15, 0.2) is 29.6 Å². The molecule has 1 fully saturated rings. The minimum absolute atomic E-state index is 0.177. The molecule has 1 heterocycles. The molecule has 2 aromatic rings. The maximum Gasteiger partial charge on any atom is 0.252 e. The molecule has 10 heteroatoms. The van der Waals surface area contributed by atoms with Crippen molar-refractivity contribution in [3.05, 3.63) is 40.8 Å². The molecule has 0 saturated heterocycles. The summed E-state index contributed by atoms with van der Waals surface area (Å²) in [4.78, 5) is 34.1. The summed E-state index contributed by atoms with van der Waals surface area (Å²) in [6.07, 6.45) is 2.56. The van der Waals surface area contributed by atoms with Gasteiger partial charge in [0.05, 0.1) is 24.8 Å². The third kappa shape index (κ3) is 9.64. The van der Waals surface area contributed by atoms with Gasteiger partial charge in [-0.3, -0.25) is 18.6 Å². The van der Waals surface area contributed by atoms with Gasteiger partial charge in [-0.15, -0.1) is 11.3 Å². The van der Waals surface area contributed by atoms with Gasteiger partial charge in [0.1, 0.15) is 5.00 Å². The quantitative estimate of drug-likeness (QED) is 0.462.